The summed E-state index contributed by atoms with van der Waals surface area (Å²) in [4.78, 5) is 15.2. The van der Waals surface area contributed by atoms with E-state index in [0.29, 0.717) is 31.7 Å². The van der Waals surface area contributed by atoms with Crippen molar-refractivity contribution in [2.45, 2.75) is 24.2 Å². The van der Waals surface area contributed by atoms with Crippen LogP contribution in [0.3, 0.4) is 0 Å². The van der Waals surface area contributed by atoms with Crippen LogP contribution in [0.4, 0.5) is 5.69 Å². The van der Waals surface area contributed by atoms with Crippen molar-refractivity contribution in [3.8, 4) is 5.75 Å². The average Bonchev–Trinajstić information content (AvgIpc) is 3.16. The van der Waals surface area contributed by atoms with E-state index >= 15 is 0 Å². The number of ether oxygens (including phenoxy) is 1. The fourth-order valence-corrected chi connectivity index (χ4v) is 6.42. The van der Waals surface area contributed by atoms with Crippen molar-refractivity contribution in [1.82, 2.24) is 4.31 Å². The topological polar surface area (TPSA) is 66.9 Å². The third-order valence-corrected chi connectivity index (χ3v) is 8.35. The highest BCUT2D eigenvalue weighted by atomic mass is 79.9. The number of sulfonamides is 1. The second-order valence-corrected chi connectivity index (χ2v) is 10.8. The maximum atomic E-state index is 13.2. The van der Waals surface area contributed by atoms with E-state index < -0.39 is 10.0 Å². The van der Waals surface area contributed by atoms with Gasteiger partial charge in [0.2, 0.25) is 15.9 Å². The lowest BCUT2D eigenvalue weighted by atomic mass is 9.98. The van der Waals surface area contributed by atoms with Gasteiger partial charge in [-0.3, -0.25) is 4.79 Å². The first-order valence-electron chi connectivity index (χ1n) is 9.75. The zero-order chi connectivity index (χ0) is 21.5. The van der Waals surface area contributed by atoms with Gasteiger partial charge in [0, 0.05) is 29.8 Å². The first-order valence-corrected chi connectivity index (χ1v) is 12.4. The number of hydrogen-bond donors (Lipinski definition) is 0. The number of fused-ring (bicyclic) bond motifs is 1. The van der Waals surface area contributed by atoms with Crippen molar-refractivity contribution < 1.29 is 17.9 Å². The van der Waals surface area contributed by atoms with Gasteiger partial charge in [-0.25, -0.2) is 8.42 Å². The molecule has 30 heavy (non-hydrogen) atoms. The predicted octanol–water partition coefficient (Wildman–Crippen LogP) is 4.10. The first kappa shape index (κ1) is 21.6. The Morgan fingerprint density at radius 3 is 2.73 bits per heavy atom. The molecular weight excluding hydrogens is 492 g/mol. The van der Waals surface area contributed by atoms with Gasteiger partial charge in [0.25, 0.3) is 0 Å². The second-order valence-electron chi connectivity index (χ2n) is 7.51. The largest absolute Gasteiger partial charge is 0.495 e. The van der Waals surface area contributed by atoms with Gasteiger partial charge in [-0.05, 0) is 61.2 Å². The summed E-state index contributed by atoms with van der Waals surface area (Å²) in [6, 6.07) is 10.3. The Labute approximate surface area is 189 Å². The number of nitrogens with zero attached hydrogens (tertiary/aromatic N) is 2. The molecule has 0 saturated carbocycles. The van der Waals surface area contributed by atoms with Crippen molar-refractivity contribution in [1.29, 1.82) is 0 Å². The number of anilines is 1. The van der Waals surface area contributed by atoms with E-state index in [-0.39, 0.29) is 28.3 Å². The number of piperidine rings is 1. The number of carbonyl (C=O) groups is 1. The molecule has 2 heterocycles. The molecular formula is C21H22BrClN2O4S. The third kappa shape index (κ3) is 3.98. The number of rotatable bonds is 4. The lowest BCUT2D eigenvalue weighted by Gasteiger charge is -2.33. The average molecular weight is 514 g/mol. The SMILES string of the molecule is COc1ccc(S(=O)(=O)N2CCCC(C(=O)N3CCc4cc(Br)ccc43)C2)cc1Cl. The summed E-state index contributed by atoms with van der Waals surface area (Å²) in [5.74, 6) is 0.0437. The number of halogens is 2. The Balaban J connectivity index is 1.54. The Morgan fingerprint density at radius 2 is 2.00 bits per heavy atom. The highest BCUT2D eigenvalue weighted by Crippen LogP contribution is 2.34. The smallest absolute Gasteiger partial charge is 0.243 e. The summed E-state index contributed by atoms with van der Waals surface area (Å²) in [5.41, 5.74) is 2.05. The van der Waals surface area contributed by atoms with E-state index in [9.17, 15) is 13.2 Å². The highest BCUT2D eigenvalue weighted by molar-refractivity contribution is 9.10. The Bertz CT molecular complexity index is 1090. The fraction of sp³-hybridized carbons (Fsp3) is 0.381. The molecule has 4 rings (SSSR count). The van der Waals surface area contributed by atoms with Gasteiger partial charge < -0.3 is 9.64 Å². The molecule has 0 bridgehead atoms. The van der Waals surface area contributed by atoms with Crippen molar-refractivity contribution in [2.75, 3.05) is 31.6 Å². The number of benzene rings is 2. The molecule has 1 saturated heterocycles. The molecule has 0 aromatic heterocycles. The lowest BCUT2D eigenvalue weighted by molar-refractivity contribution is -0.123. The van der Waals surface area contributed by atoms with Crippen LogP contribution < -0.4 is 9.64 Å². The van der Waals surface area contributed by atoms with E-state index in [1.807, 2.05) is 18.2 Å². The zero-order valence-electron chi connectivity index (χ0n) is 16.5. The van der Waals surface area contributed by atoms with E-state index in [0.717, 1.165) is 22.1 Å². The Hall–Kier alpha value is -1.61. The molecule has 2 aliphatic heterocycles. The van der Waals surface area contributed by atoms with Crippen LogP contribution >= 0.6 is 27.5 Å². The summed E-state index contributed by atoms with van der Waals surface area (Å²) < 4.78 is 33.8. The van der Waals surface area contributed by atoms with Crippen LogP contribution in [0.5, 0.6) is 5.75 Å². The molecule has 2 aliphatic rings. The maximum absolute atomic E-state index is 13.2. The Morgan fingerprint density at radius 1 is 1.20 bits per heavy atom. The molecule has 1 unspecified atom stereocenters. The summed E-state index contributed by atoms with van der Waals surface area (Å²) in [5, 5.41) is 0.239. The lowest BCUT2D eigenvalue weighted by Crippen LogP contribution is -2.46. The van der Waals surface area contributed by atoms with Crippen LogP contribution in [-0.4, -0.2) is 45.4 Å². The van der Waals surface area contributed by atoms with Gasteiger partial charge in [-0.15, -0.1) is 0 Å². The van der Waals surface area contributed by atoms with Crippen molar-refractivity contribution in [3.05, 3.63) is 51.5 Å². The molecule has 160 valence electrons. The predicted molar refractivity (Wildman–Crippen MR) is 120 cm³/mol. The van der Waals surface area contributed by atoms with E-state index in [2.05, 4.69) is 15.9 Å². The zero-order valence-corrected chi connectivity index (χ0v) is 19.6. The highest BCUT2D eigenvalue weighted by Gasteiger charge is 2.37. The third-order valence-electron chi connectivity index (χ3n) is 5.70. The number of amides is 1. The number of carbonyl (C=O) groups excluding carboxylic acids is 1. The molecule has 0 N–H and O–H groups in total. The number of methoxy groups -OCH3 is 1. The van der Waals surface area contributed by atoms with Gasteiger partial charge >= 0.3 is 0 Å². The molecule has 6 nitrogen and oxygen atoms in total. The van der Waals surface area contributed by atoms with Crippen LogP contribution in [0.25, 0.3) is 0 Å². The van der Waals surface area contributed by atoms with Gasteiger partial charge in [0.15, 0.2) is 0 Å². The minimum atomic E-state index is -3.75. The monoisotopic (exact) mass is 512 g/mol. The molecule has 2 aromatic rings. The van der Waals surface area contributed by atoms with Gasteiger partial charge in [0.1, 0.15) is 5.75 Å². The quantitative estimate of drug-likeness (QED) is 0.617. The second kappa shape index (κ2) is 8.49. The van der Waals surface area contributed by atoms with Gasteiger partial charge in [-0.2, -0.15) is 4.31 Å². The molecule has 0 aliphatic carbocycles. The van der Waals surface area contributed by atoms with Crippen molar-refractivity contribution >= 4 is 49.1 Å². The molecule has 2 aromatic carbocycles. The fourth-order valence-electron chi connectivity index (χ4n) is 4.14. The van der Waals surface area contributed by atoms with Crippen LogP contribution in [0.15, 0.2) is 45.8 Å². The van der Waals surface area contributed by atoms with Crippen LogP contribution in [0, 0.1) is 5.92 Å². The first-order chi connectivity index (χ1) is 14.3. The molecule has 9 heteroatoms. The summed E-state index contributed by atoms with van der Waals surface area (Å²) in [7, 11) is -2.27. The normalized spacial score (nSPS) is 19.6. The molecule has 1 atom stereocenters. The molecule has 1 amide bonds. The van der Waals surface area contributed by atoms with Crippen molar-refractivity contribution in [2.24, 2.45) is 5.92 Å². The minimum absolute atomic E-state index is 0.0104. The van der Waals surface area contributed by atoms with E-state index in [4.69, 9.17) is 16.3 Å². The summed E-state index contributed by atoms with van der Waals surface area (Å²) in [6.07, 6.45) is 2.12. The standard InChI is InChI=1S/C21H22BrClN2O4S/c1-29-20-7-5-17(12-18(20)23)30(27,28)24-9-2-3-15(13-24)21(26)25-10-8-14-11-16(22)4-6-19(14)25/h4-7,11-12,15H,2-3,8-10,13H2,1H3. The van der Waals surface area contributed by atoms with Crippen molar-refractivity contribution in [3.63, 3.8) is 0 Å². The molecule has 1 fully saturated rings. The van der Waals surface area contributed by atoms with E-state index in [1.165, 1.54) is 23.5 Å². The summed E-state index contributed by atoms with van der Waals surface area (Å²) in [6.45, 7) is 1.19. The summed E-state index contributed by atoms with van der Waals surface area (Å²) >= 11 is 9.60. The van der Waals surface area contributed by atoms with Gasteiger partial charge in [0.05, 0.1) is 22.9 Å². The number of hydrogen-bond acceptors (Lipinski definition) is 4. The van der Waals surface area contributed by atoms with Gasteiger partial charge in [-0.1, -0.05) is 27.5 Å². The van der Waals surface area contributed by atoms with Crippen LogP contribution in [0.2, 0.25) is 5.02 Å². The van der Waals surface area contributed by atoms with Crippen LogP contribution in [-0.2, 0) is 21.2 Å². The molecule has 0 spiro atoms. The van der Waals surface area contributed by atoms with Crippen LogP contribution in [0.1, 0.15) is 18.4 Å². The molecule has 0 radical (unpaired) electrons. The Kier molecular flexibility index (Phi) is 6.12. The minimum Gasteiger partial charge on any atom is -0.495 e. The maximum Gasteiger partial charge on any atom is 0.243 e. The van der Waals surface area contributed by atoms with E-state index in [1.54, 1.807) is 11.0 Å².